The predicted octanol–water partition coefficient (Wildman–Crippen LogP) is 3.40. The molecular weight excluding hydrogens is 201 g/mol. The molecule has 1 nitrogen and oxygen atoms in total. The molecule has 0 unspecified atom stereocenters. The van der Waals surface area contributed by atoms with Crippen molar-refractivity contribution in [3.05, 3.63) is 27.7 Å². The van der Waals surface area contributed by atoms with E-state index in [1.807, 2.05) is 6.07 Å². The smallest absolute Gasteiger partial charge is 0.153 e. The van der Waals surface area contributed by atoms with Gasteiger partial charge in [0.1, 0.15) is 5.52 Å². The first-order valence-electron chi connectivity index (χ1n) is 2.89. The standard InChI is InChI=1S/C7H2Cl2NS/c8-4-1-5(9)7-6(2-4)11-3-10-7/h1-2H. The zero-order valence-corrected chi connectivity index (χ0v) is 7.59. The Hall–Kier alpha value is -0.310. The summed E-state index contributed by atoms with van der Waals surface area (Å²) in [6.45, 7) is 0. The lowest BCUT2D eigenvalue weighted by molar-refractivity contribution is 1.48. The van der Waals surface area contributed by atoms with E-state index >= 15 is 0 Å². The van der Waals surface area contributed by atoms with E-state index in [0.29, 0.717) is 10.0 Å². The molecule has 1 aromatic heterocycles. The molecule has 0 aliphatic rings. The van der Waals surface area contributed by atoms with Crippen LogP contribution in [0, 0.1) is 5.51 Å². The summed E-state index contributed by atoms with van der Waals surface area (Å²) in [5.74, 6) is 0. The normalized spacial score (nSPS) is 10.7. The zero-order valence-electron chi connectivity index (χ0n) is 5.27. The molecule has 0 saturated carbocycles. The van der Waals surface area contributed by atoms with E-state index in [1.165, 1.54) is 11.3 Å². The lowest BCUT2D eigenvalue weighted by Gasteiger charge is -1.92. The van der Waals surface area contributed by atoms with Gasteiger partial charge in [-0.25, -0.2) is 4.98 Å². The van der Waals surface area contributed by atoms with Crippen LogP contribution in [0.15, 0.2) is 12.1 Å². The average Bonchev–Trinajstić information content (AvgIpc) is 2.34. The molecule has 1 aromatic carbocycles. The summed E-state index contributed by atoms with van der Waals surface area (Å²) in [5, 5.41) is 1.23. The molecule has 0 fully saturated rings. The Labute approximate surface area is 77.6 Å². The molecule has 0 saturated heterocycles. The van der Waals surface area contributed by atoms with Crippen LogP contribution in [0.1, 0.15) is 0 Å². The van der Waals surface area contributed by atoms with Gasteiger partial charge in [0.15, 0.2) is 5.51 Å². The fraction of sp³-hybridized carbons (Fsp3) is 0. The minimum Gasteiger partial charge on any atom is -0.232 e. The first kappa shape index (κ1) is 7.35. The second-order valence-corrected chi connectivity index (χ2v) is 3.71. The Balaban J connectivity index is 2.91. The maximum absolute atomic E-state index is 5.84. The second kappa shape index (κ2) is 2.63. The number of rotatable bonds is 0. The monoisotopic (exact) mass is 202 g/mol. The lowest BCUT2D eigenvalue weighted by Crippen LogP contribution is -1.70. The zero-order chi connectivity index (χ0) is 7.84. The van der Waals surface area contributed by atoms with Crippen molar-refractivity contribution < 1.29 is 0 Å². The summed E-state index contributed by atoms with van der Waals surface area (Å²) >= 11 is 13.0. The number of benzene rings is 1. The first-order chi connectivity index (χ1) is 5.27. The molecule has 0 bridgehead atoms. The lowest BCUT2D eigenvalue weighted by atomic mass is 10.3. The van der Waals surface area contributed by atoms with Crippen LogP contribution >= 0.6 is 34.5 Å². The summed E-state index contributed by atoms with van der Waals surface area (Å²) in [6, 6.07) is 3.51. The van der Waals surface area contributed by atoms with Crippen molar-refractivity contribution in [2.45, 2.75) is 0 Å². The van der Waals surface area contributed by atoms with Crippen molar-refractivity contribution in [1.82, 2.24) is 4.98 Å². The summed E-state index contributed by atoms with van der Waals surface area (Å²) in [6.07, 6.45) is 0. The molecule has 0 amide bonds. The van der Waals surface area contributed by atoms with Gasteiger partial charge in [-0.2, -0.15) is 0 Å². The van der Waals surface area contributed by atoms with E-state index in [1.54, 1.807) is 6.07 Å². The largest absolute Gasteiger partial charge is 0.232 e. The molecule has 2 rings (SSSR count). The molecule has 2 aromatic rings. The van der Waals surface area contributed by atoms with Gasteiger partial charge in [0, 0.05) is 5.02 Å². The molecule has 0 atom stereocenters. The van der Waals surface area contributed by atoms with Gasteiger partial charge in [0.25, 0.3) is 0 Å². The summed E-state index contributed by atoms with van der Waals surface area (Å²) in [5.41, 5.74) is 3.53. The number of thiazole rings is 1. The molecule has 0 N–H and O–H groups in total. The Bertz CT molecular complexity index is 396. The quantitative estimate of drug-likeness (QED) is 0.639. The van der Waals surface area contributed by atoms with Crippen molar-refractivity contribution in [2.75, 3.05) is 0 Å². The topological polar surface area (TPSA) is 12.9 Å². The number of hydrogen-bond donors (Lipinski definition) is 0. The third kappa shape index (κ3) is 1.22. The number of halogens is 2. The Kier molecular flexibility index (Phi) is 1.75. The maximum Gasteiger partial charge on any atom is 0.153 e. The highest BCUT2D eigenvalue weighted by Gasteiger charge is 2.02. The van der Waals surface area contributed by atoms with Crippen LogP contribution in [0.2, 0.25) is 10.0 Å². The molecule has 0 aliphatic carbocycles. The number of nitrogens with zero attached hydrogens (tertiary/aromatic N) is 1. The maximum atomic E-state index is 5.84. The highest BCUT2D eigenvalue weighted by Crippen LogP contribution is 2.28. The number of hydrogen-bond acceptors (Lipinski definition) is 2. The fourth-order valence-corrected chi connectivity index (χ4v) is 2.18. The van der Waals surface area contributed by atoms with Gasteiger partial charge in [-0.15, -0.1) is 11.3 Å². The van der Waals surface area contributed by atoms with Gasteiger partial charge in [-0.3, -0.25) is 0 Å². The van der Waals surface area contributed by atoms with Gasteiger partial charge in [0.05, 0.1) is 9.72 Å². The van der Waals surface area contributed by atoms with E-state index in [4.69, 9.17) is 23.2 Å². The van der Waals surface area contributed by atoms with Crippen LogP contribution < -0.4 is 0 Å². The molecule has 1 radical (unpaired) electrons. The highest BCUT2D eigenvalue weighted by atomic mass is 35.5. The third-order valence-corrected chi connectivity index (χ3v) is 2.53. The minimum absolute atomic E-state index is 0.588. The second-order valence-electron chi connectivity index (χ2n) is 2.04. The fourth-order valence-electron chi connectivity index (χ4n) is 0.846. The van der Waals surface area contributed by atoms with Crippen molar-refractivity contribution in [3.8, 4) is 0 Å². The Morgan fingerprint density at radius 1 is 1.36 bits per heavy atom. The van der Waals surface area contributed by atoms with Gasteiger partial charge >= 0.3 is 0 Å². The Morgan fingerprint density at radius 2 is 2.18 bits per heavy atom. The third-order valence-electron chi connectivity index (χ3n) is 1.31. The summed E-state index contributed by atoms with van der Waals surface area (Å²) < 4.78 is 0.975. The summed E-state index contributed by atoms with van der Waals surface area (Å²) in [7, 11) is 0. The van der Waals surface area contributed by atoms with E-state index in [2.05, 4.69) is 10.5 Å². The van der Waals surface area contributed by atoms with E-state index in [-0.39, 0.29) is 0 Å². The van der Waals surface area contributed by atoms with Crippen LogP contribution in [0.5, 0.6) is 0 Å². The van der Waals surface area contributed by atoms with Crippen molar-refractivity contribution in [3.63, 3.8) is 0 Å². The van der Waals surface area contributed by atoms with Crippen LogP contribution in [0.25, 0.3) is 10.2 Å². The van der Waals surface area contributed by atoms with Crippen molar-refractivity contribution in [2.24, 2.45) is 0 Å². The van der Waals surface area contributed by atoms with Crippen LogP contribution in [0.4, 0.5) is 0 Å². The van der Waals surface area contributed by atoms with Crippen LogP contribution in [0.3, 0.4) is 0 Å². The molecular formula is C7H2Cl2NS. The summed E-state index contributed by atoms with van der Waals surface area (Å²) in [4.78, 5) is 3.96. The van der Waals surface area contributed by atoms with E-state index < -0.39 is 0 Å². The molecule has 11 heavy (non-hydrogen) atoms. The average molecular weight is 203 g/mol. The Morgan fingerprint density at radius 3 is 3.00 bits per heavy atom. The number of fused-ring (bicyclic) bond motifs is 1. The van der Waals surface area contributed by atoms with Crippen LogP contribution in [-0.2, 0) is 0 Å². The molecule has 0 spiro atoms. The molecule has 4 heteroatoms. The van der Waals surface area contributed by atoms with Crippen molar-refractivity contribution in [1.29, 1.82) is 0 Å². The van der Waals surface area contributed by atoms with Gasteiger partial charge in [-0.05, 0) is 12.1 Å². The van der Waals surface area contributed by atoms with Crippen LogP contribution in [-0.4, -0.2) is 4.98 Å². The van der Waals surface area contributed by atoms with E-state index in [9.17, 15) is 0 Å². The first-order valence-corrected chi connectivity index (χ1v) is 4.46. The SMILES string of the molecule is Clc1cc(Cl)c2n[c]sc2c1. The molecule has 0 aliphatic heterocycles. The molecule has 1 heterocycles. The minimum atomic E-state index is 0.588. The highest BCUT2D eigenvalue weighted by molar-refractivity contribution is 7.16. The predicted molar refractivity (Wildman–Crippen MR) is 48.5 cm³/mol. The van der Waals surface area contributed by atoms with Gasteiger partial charge in [-0.1, -0.05) is 23.2 Å². The number of aromatic nitrogens is 1. The van der Waals surface area contributed by atoms with Crippen molar-refractivity contribution >= 4 is 44.8 Å². The van der Waals surface area contributed by atoms with E-state index in [0.717, 1.165) is 10.2 Å². The van der Waals surface area contributed by atoms with Gasteiger partial charge in [0.2, 0.25) is 0 Å². The molecule has 55 valence electrons. The van der Waals surface area contributed by atoms with Gasteiger partial charge < -0.3 is 0 Å².